The summed E-state index contributed by atoms with van der Waals surface area (Å²) in [7, 11) is 0. The molecule has 0 aromatic rings. The van der Waals surface area contributed by atoms with E-state index < -0.39 is 0 Å². The van der Waals surface area contributed by atoms with Gasteiger partial charge in [-0.15, -0.1) is 6.58 Å². The highest BCUT2D eigenvalue weighted by atomic mass is 15.1. The molecule has 1 heteroatoms. The predicted octanol–water partition coefficient (Wildman–Crippen LogP) is 3.32. The van der Waals surface area contributed by atoms with Crippen LogP contribution in [0.1, 0.15) is 40.5 Å². The number of likely N-dealkylation sites (tertiary alicyclic amines) is 1. The molecule has 0 aromatic heterocycles. The van der Waals surface area contributed by atoms with Gasteiger partial charge >= 0.3 is 0 Å². The molecule has 1 fully saturated rings. The Morgan fingerprint density at radius 3 is 1.83 bits per heavy atom. The Bertz CT molecular complexity index is 73.1. The van der Waals surface area contributed by atoms with Crippen molar-refractivity contribution in [2.75, 3.05) is 19.6 Å². The van der Waals surface area contributed by atoms with Crippen LogP contribution < -0.4 is 0 Å². The topological polar surface area (TPSA) is 3.24 Å². The first-order valence-electron chi connectivity index (χ1n) is 5.27. The minimum absolute atomic E-state index is 1.08. The number of hydrogen-bond acceptors (Lipinski definition) is 1. The zero-order valence-corrected chi connectivity index (χ0v) is 9.27. The van der Waals surface area contributed by atoms with Crippen LogP contribution in [0.3, 0.4) is 0 Å². The zero-order valence-electron chi connectivity index (χ0n) is 9.27. The van der Waals surface area contributed by atoms with Crippen LogP contribution in [0.5, 0.6) is 0 Å². The molecular formula is C11H25N. The normalized spacial score (nSPS) is 15.3. The highest BCUT2D eigenvalue weighted by Gasteiger charge is 2.07. The molecule has 0 radical (unpaired) electrons. The first-order chi connectivity index (χ1) is 5.93. The second-order valence-corrected chi connectivity index (χ2v) is 2.30. The summed E-state index contributed by atoms with van der Waals surface area (Å²) in [6, 6.07) is 0. The molecule has 0 spiro atoms. The van der Waals surface area contributed by atoms with Gasteiger partial charge < -0.3 is 0 Å². The summed E-state index contributed by atoms with van der Waals surface area (Å²) < 4.78 is 0. The smallest absolute Gasteiger partial charge is 0.0160 e. The van der Waals surface area contributed by atoms with Crippen LogP contribution >= 0.6 is 0 Å². The Hall–Kier alpha value is -0.300. The van der Waals surface area contributed by atoms with Crippen molar-refractivity contribution in [1.29, 1.82) is 0 Å². The number of rotatable bonds is 2. The van der Waals surface area contributed by atoms with Gasteiger partial charge in [-0.2, -0.15) is 0 Å². The van der Waals surface area contributed by atoms with E-state index in [2.05, 4.69) is 11.5 Å². The quantitative estimate of drug-likeness (QED) is 0.576. The van der Waals surface area contributed by atoms with Gasteiger partial charge in [0.05, 0.1) is 0 Å². The Labute approximate surface area is 78.5 Å². The average Bonchev–Trinajstić information content (AvgIpc) is 2.65. The molecule has 0 unspecified atom stereocenters. The molecule has 0 atom stereocenters. The van der Waals surface area contributed by atoms with Gasteiger partial charge in [0.2, 0.25) is 0 Å². The molecule has 1 aliphatic rings. The fourth-order valence-electron chi connectivity index (χ4n) is 1.15. The van der Waals surface area contributed by atoms with Crippen LogP contribution in [0, 0.1) is 0 Å². The molecule has 1 saturated heterocycles. The van der Waals surface area contributed by atoms with E-state index in [-0.39, 0.29) is 0 Å². The molecule has 74 valence electrons. The van der Waals surface area contributed by atoms with Gasteiger partial charge in [0.1, 0.15) is 0 Å². The van der Waals surface area contributed by atoms with Gasteiger partial charge in [-0.1, -0.05) is 33.8 Å². The highest BCUT2D eigenvalue weighted by Crippen LogP contribution is 2.05. The molecule has 1 aliphatic heterocycles. The lowest BCUT2D eigenvalue weighted by Crippen LogP contribution is -2.18. The van der Waals surface area contributed by atoms with Gasteiger partial charge in [0.25, 0.3) is 0 Å². The second-order valence-electron chi connectivity index (χ2n) is 2.30. The first kappa shape index (κ1) is 14.2. The van der Waals surface area contributed by atoms with Crippen LogP contribution in [-0.4, -0.2) is 24.5 Å². The third kappa shape index (κ3) is 7.80. The van der Waals surface area contributed by atoms with E-state index in [1.54, 1.807) is 0 Å². The highest BCUT2D eigenvalue weighted by molar-refractivity contribution is 4.76. The van der Waals surface area contributed by atoms with E-state index in [0.717, 1.165) is 6.54 Å². The van der Waals surface area contributed by atoms with Crippen molar-refractivity contribution in [2.45, 2.75) is 40.5 Å². The summed E-state index contributed by atoms with van der Waals surface area (Å²) in [4.78, 5) is 2.42. The molecule has 1 nitrogen and oxygen atoms in total. The summed E-state index contributed by atoms with van der Waals surface area (Å²) in [5, 5.41) is 0. The summed E-state index contributed by atoms with van der Waals surface area (Å²) in [5.74, 6) is 0. The maximum atomic E-state index is 3.68. The molecule has 0 aliphatic carbocycles. The molecule has 0 aromatic carbocycles. The van der Waals surface area contributed by atoms with Gasteiger partial charge in [-0.25, -0.2) is 0 Å². The van der Waals surface area contributed by atoms with Crippen molar-refractivity contribution in [3.8, 4) is 0 Å². The molecule has 12 heavy (non-hydrogen) atoms. The van der Waals surface area contributed by atoms with Crippen LogP contribution in [0.25, 0.3) is 0 Å². The standard InChI is InChI=1S/C7H13N.2C2H6/c1-2-5-8-6-3-4-7-8;2*1-2/h2H,1,3-7H2;2*1-2H3. The van der Waals surface area contributed by atoms with Gasteiger partial charge in [-0.3, -0.25) is 4.90 Å². The number of nitrogens with zero attached hydrogens (tertiary/aromatic N) is 1. The maximum Gasteiger partial charge on any atom is 0.0160 e. The molecule has 1 rings (SSSR count). The van der Waals surface area contributed by atoms with Crippen molar-refractivity contribution in [1.82, 2.24) is 4.90 Å². The van der Waals surface area contributed by atoms with Crippen LogP contribution in [0.4, 0.5) is 0 Å². The molecular weight excluding hydrogens is 146 g/mol. The lowest BCUT2D eigenvalue weighted by Gasteiger charge is -2.09. The third-order valence-corrected chi connectivity index (χ3v) is 1.59. The summed E-state index contributed by atoms with van der Waals surface area (Å²) in [6.45, 7) is 15.3. The third-order valence-electron chi connectivity index (χ3n) is 1.59. The minimum atomic E-state index is 1.08. The molecule has 0 N–H and O–H groups in total. The van der Waals surface area contributed by atoms with Crippen molar-refractivity contribution < 1.29 is 0 Å². The first-order valence-corrected chi connectivity index (χ1v) is 5.27. The Morgan fingerprint density at radius 1 is 1.08 bits per heavy atom. The lowest BCUT2D eigenvalue weighted by molar-refractivity contribution is 0.377. The van der Waals surface area contributed by atoms with E-state index in [0.29, 0.717) is 0 Å². The molecule has 0 saturated carbocycles. The van der Waals surface area contributed by atoms with Crippen LogP contribution in [0.2, 0.25) is 0 Å². The van der Waals surface area contributed by atoms with E-state index in [1.165, 1.54) is 25.9 Å². The fourth-order valence-corrected chi connectivity index (χ4v) is 1.15. The molecule has 0 amide bonds. The Balaban J connectivity index is 0. The Kier molecular flexibility index (Phi) is 15.8. The second kappa shape index (κ2) is 13.3. The fraction of sp³-hybridized carbons (Fsp3) is 0.818. The monoisotopic (exact) mass is 171 g/mol. The molecule has 1 heterocycles. The van der Waals surface area contributed by atoms with Crippen LogP contribution in [0.15, 0.2) is 12.7 Å². The van der Waals surface area contributed by atoms with E-state index in [4.69, 9.17) is 0 Å². The van der Waals surface area contributed by atoms with Gasteiger partial charge in [-0.05, 0) is 25.9 Å². The zero-order chi connectivity index (χ0) is 9.82. The van der Waals surface area contributed by atoms with E-state index in [1.807, 2.05) is 33.8 Å². The lowest BCUT2D eigenvalue weighted by atomic mass is 10.4. The van der Waals surface area contributed by atoms with Crippen molar-refractivity contribution in [3.05, 3.63) is 12.7 Å². The van der Waals surface area contributed by atoms with Crippen molar-refractivity contribution >= 4 is 0 Å². The SMILES string of the molecule is C=CCN1CCCC1.CC.CC. The maximum absolute atomic E-state index is 3.68. The van der Waals surface area contributed by atoms with Crippen LogP contribution in [-0.2, 0) is 0 Å². The Morgan fingerprint density at radius 2 is 1.50 bits per heavy atom. The predicted molar refractivity (Wildman–Crippen MR) is 58.6 cm³/mol. The summed E-state index contributed by atoms with van der Waals surface area (Å²) in [6.07, 6.45) is 4.74. The molecule has 0 bridgehead atoms. The van der Waals surface area contributed by atoms with Crippen molar-refractivity contribution in [3.63, 3.8) is 0 Å². The average molecular weight is 171 g/mol. The number of hydrogen-bond donors (Lipinski definition) is 0. The van der Waals surface area contributed by atoms with E-state index in [9.17, 15) is 0 Å². The van der Waals surface area contributed by atoms with E-state index >= 15 is 0 Å². The summed E-state index contributed by atoms with van der Waals surface area (Å²) >= 11 is 0. The van der Waals surface area contributed by atoms with Crippen molar-refractivity contribution in [2.24, 2.45) is 0 Å². The van der Waals surface area contributed by atoms with Gasteiger partial charge in [0, 0.05) is 6.54 Å². The minimum Gasteiger partial charge on any atom is -0.300 e. The largest absolute Gasteiger partial charge is 0.300 e. The van der Waals surface area contributed by atoms with Gasteiger partial charge in [0.15, 0.2) is 0 Å². The summed E-state index contributed by atoms with van der Waals surface area (Å²) in [5.41, 5.74) is 0.